The van der Waals surface area contributed by atoms with Gasteiger partial charge in [0.1, 0.15) is 17.2 Å². The normalized spacial score (nSPS) is 19.2. The molecule has 1 aliphatic heterocycles. The molecule has 2 atom stereocenters. The summed E-state index contributed by atoms with van der Waals surface area (Å²) in [5, 5.41) is 3.03. The molecule has 1 aromatic heterocycles. The summed E-state index contributed by atoms with van der Waals surface area (Å²) in [4.78, 5) is 32.1. The number of methoxy groups -OCH3 is 1. The summed E-state index contributed by atoms with van der Waals surface area (Å²) < 4.78 is 12.8. The van der Waals surface area contributed by atoms with Crippen LogP contribution in [0, 0.1) is 11.8 Å². The molecule has 2 unspecified atom stereocenters. The zero-order valence-corrected chi connectivity index (χ0v) is 19.6. The Morgan fingerprint density at radius 2 is 2.00 bits per heavy atom. The number of ether oxygens (including phenoxy) is 2. The van der Waals surface area contributed by atoms with E-state index in [1.807, 2.05) is 64.4 Å². The first kappa shape index (κ1) is 22.9. The van der Waals surface area contributed by atoms with Crippen molar-refractivity contribution in [3.8, 4) is 5.75 Å². The molecular weight excluding hydrogens is 396 g/mol. The fourth-order valence-corrected chi connectivity index (χ4v) is 4.27. The summed E-state index contributed by atoms with van der Waals surface area (Å²) in [7, 11) is 3.55. The van der Waals surface area contributed by atoms with Gasteiger partial charge < -0.3 is 24.3 Å². The highest BCUT2D eigenvalue weighted by Crippen LogP contribution is 2.31. The van der Waals surface area contributed by atoms with Crippen molar-refractivity contribution < 1.29 is 19.1 Å². The highest BCUT2D eigenvalue weighted by Gasteiger charge is 2.44. The predicted octanol–water partition coefficient (Wildman–Crippen LogP) is 3.48. The molecule has 1 aromatic carbocycles. The van der Waals surface area contributed by atoms with E-state index in [0.29, 0.717) is 19.5 Å². The van der Waals surface area contributed by atoms with Crippen molar-refractivity contribution in [2.75, 3.05) is 13.7 Å². The van der Waals surface area contributed by atoms with Crippen molar-refractivity contribution in [1.82, 2.24) is 19.8 Å². The molecule has 8 heteroatoms. The fraction of sp³-hybridized carbons (Fsp3) is 0.609. The van der Waals surface area contributed by atoms with Crippen LogP contribution >= 0.6 is 0 Å². The van der Waals surface area contributed by atoms with Gasteiger partial charge in [0.15, 0.2) is 0 Å². The number of fused-ring (bicyclic) bond motifs is 1. The number of likely N-dealkylation sites (tertiary alicyclic amines) is 1. The largest absolute Gasteiger partial charge is 0.497 e. The molecule has 0 saturated carbocycles. The second-order valence-electron chi connectivity index (χ2n) is 9.46. The van der Waals surface area contributed by atoms with E-state index < -0.39 is 5.60 Å². The Bertz CT molecular complexity index is 960. The summed E-state index contributed by atoms with van der Waals surface area (Å²) >= 11 is 0. The maximum absolute atomic E-state index is 13.1. The van der Waals surface area contributed by atoms with Crippen molar-refractivity contribution in [3.63, 3.8) is 0 Å². The second kappa shape index (κ2) is 8.77. The van der Waals surface area contributed by atoms with Gasteiger partial charge in [0.2, 0.25) is 5.91 Å². The molecule has 0 radical (unpaired) electrons. The number of aromatic nitrogens is 2. The van der Waals surface area contributed by atoms with Gasteiger partial charge in [0, 0.05) is 25.7 Å². The number of carbonyl (C=O) groups is 2. The number of hydrogen-bond acceptors (Lipinski definition) is 5. The van der Waals surface area contributed by atoms with E-state index in [0.717, 1.165) is 22.6 Å². The first-order chi connectivity index (χ1) is 14.5. The molecule has 3 rings (SSSR count). The lowest BCUT2D eigenvalue weighted by Gasteiger charge is -2.32. The van der Waals surface area contributed by atoms with Crippen molar-refractivity contribution in [2.45, 2.75) is 59.2 Å². The molecule has 0 aliphatic carbocycles. The standard InChI is InChI=1S/C23H34N4O4/c1-14(2)20-16(10-11-27(20)22(29)31-23(3,4)5)21(28)24-13-19-25-17-12-15(30-7)8-9-18(17)26(19)6/h8-9,12,14,16,20H,10-11,13H2,1-7H3,(H,24,28). The van der Waals surface area contributed by atoms with Crippen LogP contribution in [0.4, 0.5) is 4.79 Å². The number of aryl methyl sites for hydroxylation is 1. The van der Waals surface area contributed by atoms with Gasteiger partial charge in [-0.3, -0.25) is 4.79 Å². The summed E-state index contributed by atoms with van der Waals surface area (Å²) in [6, 6.07) is 5.53. The van der Waals surface area contributed by atoms with Gasteiger partial charge in [-0.15, -0.1) is 0 Å². The topological polar surface area (TPSA) is 85.7 Å². The average molecular weight is 431 g/mol. The van der Waals surface area contributed by atoms with E-state index in [9.17, 15) is 9.59 Å². The van der Waals surface area contributed by atoms with Gasteiger partial charge in [0.05, 0.1) is 30.6 Å². The summed E-state index contributed by atoms with van der Waals surface area (Å²) in [5.41, 5.74) is 1.23. The number of hydrogen-bond donors (Lipinski definition) is 1. The zero-order valence-electron chi connectivity index (χ0n) is 19.6. The first-order valence-corrected chi connectivity index (χ1v) is 10.8. The summed E-state index contributed by atoms with van der Waals surface area (Å²) in [6.07, 6.45) is 0.263. The number of rotatable bonds is 5. The Labute approximate surface area is 183 Å². The fourth-order valence-electron chi connectivity index (χ4n) is 4.27. The zero-order chi connectivity index (χ0) is 22.9. The van der Waals surface area contributed by atoms with Crippen LogP contribution in [0.2, 0.25) is 0 Å². The van der Waals surface area contributed by atoms with E-state index in [-0.39, 0.29) is 29.9 Å². The quantitative estimate of drug-likeness (QED) is 0.785. The lowest BCUT2D eigenvalue weighted by Crippen LogP contribution is -2.47. The molecule has 8 nitrogen and oxygen atoms in total. The molecule has 2 aromatic rings. The predicted molar refractivity (Wildman–Crippen MR) is 119 cm³/mol. The number of carbonyl (C=O) groups excluding carboxylic acids is 2. The Morgan fingerprint density at radius 1 is 1.29 bits per heavy atom. The van der Waals surface area contributed by atoms with Crippen LogP contribution in [-0.4, -0.2) is 51.7 Å². The molecule has 2 heterocycles. The van der Waals surface area contributed by atoms with Crippen LogP contribution in [0.1, 0.15) is 46.9 Å². The molecule has 1 aliphatic rings. The average Bonchev–Trinajstić information content (AvgIpc) is 3.26. The van der Waals surface area contributed by atoms with Gasteiger partial charge in [-0.1, -0.05) is 13.8 Å². The Balaban J connectivity index is 1.70. The number of nitrogens with one attached hydrogen (secondary N) is 1. The Hall–Kier alpha value is -2.77. The molecule has 1 N–H and O–H groups in total. The molecule has 31 heavy (non-hydrogen) atoms. The molecular formula is C23H34N4O4. The van der Waals surface area contributed by atoms with Crippen molar-refractivity contribution in [2.24, 2.45) is 18.9 Å². The van der Waals surface area contributed by atoms with E-state index in [1.165, 1.54) is 0 Å². The highest BCUT2D eigenvalue weighted by molar-refractivity contribution is 5.82. The summed E-state index contributed by atoms with van der Waals surface area (Å²) in [5.74, 6) is 1.31. The van der Waals surface area contributed by atoms with Crippen LogP contribution in [0.25, 0.3) is 11.0 Å². The SMILES string of the molecule is COc1ccc2c(c1)nc(CNC(=O)C1CCN(C(=O)OC(C)(C)C)C1C(C)C)n2C. The number of nitrogens with zero attached hydrogens (tertiary/aromatic N) is 3. The molecule has 170 valence electrons. The Kier molecular flexibility index (Phi) is 6.48. The molecule has 1 saturated heterocycles. The maximum Gasteiger partial charge on any atom is 0.410 e. The van der Waals surface area contributed by atoms with Gasteiger partial charge in [0.25, 0.3) is 0 Å². The van der Waals surface area contributed by atoms with Crippen LogP contribution < -0.4 is 10.1 Å². The maximum atomic E-state index is 13.1. The first-order valence-electron chi connectivity index (χ1n) is 10.8. The minimum absolute atomic E-state index is 0.0607. The van der Waals surface area contributed by atoms with E-state index >= 15 is 0 Å². The van der Waals surface area contributed by atoms with Crippen LogP contribution in [0.15, 0.2) is 18.2 Å². The molecule has 2 amide bonds. The highest BCUT2D eigenvalue weighted by atomic mass is 16.6. The van der Waals surface area contributed by atoms with Gasteiger partial charge in [-0.25, -0.2) is 9.78 Å². The molecule has 1 fully saturated rings. The monoisotopic (exact) mass is 430 g/mol. The minimum atomic E-state index is -0.568. The van der Waals surface area contributed by atoms with Crippen molar-refractivity contribution in [1.29, 1.82) is 0 Å². The third-order valence-corrected chi connectivity index (χ3v) is 5.70. The number of imidazole rings is 1. The van der Waals surface area contributed by atoms with Gasteiger partial charge in [-0.05, 0) is 45.2 Å². The van der Waals surface area contributed by atoms with Crippen LogP contribution in [-0.2, 0) is 23.1 Å². The van der Waals surface area contributed by atoms with Crippen molar-refractivity contribution in [3.05, 3.63) is 24.0 Å². The van der Waals surface area contributed by atoms with Gasteiger partial charge in [-0.2, -0.15) is 0 Å². The lowest BCUT2D eigenvalue weighted by molar-refractivity contribution is -0.126. The van der Waals surface area contributed by atoms with Crippen molar-refractivity contribution >= 4 is 23.0 Å². The molecule has 0 bridgehead atoms. The Morgan fingerprint density at radius 3 is 2.61 bits per heavy atom. The summed E-state index contributed by atoms with van der Waals surface area (Å²) in [6.45, 7) is 10.5. The third-order valence-electron chi connectivity index (χ3n) is 5.70. The van der Waals surface area contributed by atoms with Gasteiger partial charge >= 0.3 is 6.09 Å². The van der Waals surface area contributed by atoms with E-state index in [1.54, 1.807) is 12.0 Å². The van der Waals surface area contributed by atoms with E-state index in [2.05, 4.69) is 10.3 Å². The van der Waals surface area contributed by atoms with Crippen LogP contribution in [0.3, 0.4) is 0 Å². The molecule has 0 spiro atoms. The third kappa shape index (κ3) is 4.94. The second-order valence-corrected chi connectivity index (χ2v) is 9.46. The number of amides is 2. The smallest absolute Gasteiger partial charge is 0.410 e. The minimum Gasteiger partial charge on any atom is -0.497 e. The number of benzene rings is 1. The lowest BCUT2D eigenvalue weighted by atomic mass is 9.90. The van der Waals surface area contributed by atoms with E-state index in [4.69, 9.17) is 9.47 Å². The van der Waals surface area contributed by atoms with Crippen LogP contribution in [0.5, 0.6) is 5.75 Å².